The first-order valence-corrected chi connectivity index (χ1v) is 7.69. The van der Waals surface area contributed by atoms with E-state index in [2.05, 4.69) is 0 Å². The van der Waals surface area contributed by atoms with Gasteiger partial charge < -0.3 is 9.64 Å². The van der Waals surface area contributed by atoms with Crippen LogP contribution in [0.5, 0.6) is 0 Å². The normalized spacial score (nSPS) is 16.6. The number of amides is 1. The van der Waals surface area contributed by atoms with Crippen LogP contribution < -0.4 is 0 Å². The number of carbonyl (C=O) groups is 2. The summed E-state index contributed by atoms with van der Waals surface area (Å²) in [6.45, 7) is 2.15. The third-order valence-corrected chi connectivity index (χ3v) is 3.85. The van der Waals surface area contributed by atoms with Crippen molar-refractivity contribution in [3.05, 3.63) is 39.9 Å². The minimum atomic E-state index is -0.607. The lowest BCUT2D eigenvalue weighted by Gasteiger charge is -2.21. The molecule has 1 aromatic carbocycles. The van der Waals surface area contributed by atoms with Crippen molar-refractivity contribution < 1.29 is 19.2 Å². The number of likely N-dealkylation sites (tertiary alicyclic amines) is 1. The van der Waals surface area contributed by atoms with Crippen LogP contribution in [0.3, 0.4) is 0 Å². The van der Waals surface area contributed by atoms with E-state index in [9.17, 15) is 19.7 Å². The van der Waals surface area contributed by atoms with E-state index >= 15 is 0 Å². The van der Waals surface area contributed by atoms with E-state index in [4.69, 9.17) is 4.74 Å². The molecular weight excluding hydrogens is 300 g/mol. The molecule has 0 unspecified atom stereocenters. The van der Waals surface area contributed by atoms with Gasteiger partial charge in [-0.15, -0.1) is 0 Å². The number of ether oxygens (including phenoxy) is 1. The maximum Gasteiger partial charge on any atom is 0.326 e. The molecule has 7 nitrogen and oxygen atoms in total. The van der Waals surface area contributed by atoms with E-state index < -0.39 is 17.0 Å². The van der Waals surface area contributed by atoms with Crippen LogP contribution in [0.1, 0.15) is 44.3 Å². The fourth-order valence-electron chi connectivity index (χ4n) is 2.56. The van der Waals surface area contributed by atoms with Crippen molar-refractivity contribution in [1.82, 2.24) is 4.90 Å². The third-order valence-electron chi connectivity index (χ3n) is 3.85. The zero-order valence-corrected chi connectivity index (χ0v) is 13.1. The number of rotatable bonds is 5. The highest BCUT2D eigenvalue weighted by Gasteiger charge is 2.21. The maximum atomic E-state index is 12.0. The van der Waals surface area contributed by atoms with Crippen molar-refractivity contribution in [3.63, 3.8) is 0 Å². The molecule has 0 spiro atoms. The average Bonchev–Trinajstić information content (AvgIpc) is 2.72. The Morgan fingerprint density at radius 3 is 2.91 bits per heavy atom. The number of carbonyl (C=O) groups excluding carboxylic acids is 2. The van der Waals surface area contributed by atoms with Crippen LogP contribution in [0, 0.1) is 10.1 Å². The van der Waals surface area contributed by atoms with Crippen molar-refractivity contribution in [2.75, 3.05) is 13.1 Å². The Morgan fingerprint density at radius 2 is 2.17 bits per heavy atom. The van der Waals surface area contributed by atoms with Gasteiger partial charge in [0.1, 0.15) is 12.6 Å². The summed E-state index contributed by atoms with van der Waals surface area (Å²) >= 11 is 0. The van der Waals surface area contributed by atoms with Gasteiger partial charge in [-0.3, -0.25) is 19.7 Å². The van der Waals surface area contributed by atoms with Crippen LogP contribution in [-0.4, -0.2) is 34.8 Å². The van der Waals surface area contributed by atoms with Gasteiger partial charge in [0.05, 0.1) is 4.92 Å². The molecule has 1 heterocycles. The number of esters is 1. The Balaban J connectivity index is 1.95. The molecule has 1 fully saturated rings. The molecule has 0 aliphatic carbocycles. The molecule has 0 radical (unpaired) electrons. The molecule has 0 bridgehead atoms. The smallest absolute Gasteiger partial charge is 0.326 e. The lowest BCUT2D eigenvalue weighted by Crippen LogP contribution is -2.36. The molecular formula is C16H20N2O5. The van der Waals surface area contributed by atoms with Crippen LogP contribution in [0.15, 0.2) is 24.3 Å². The fourth-order valence-corrected chi connectivity index (χ4v) is 2.56. The molecule has 0 saturated carbocycles. The Bertz CT molecular complexity index is 602. The van der Waals surface area contributed by atoms with Crippen LogP contribution in [-0.2, 0) is 14.3 Å². The molecule has 1 aliphatic rings. The average molecular weight is 320 g/mol. The first kappa shape index (κ1) is 16.9. The topological polar surface area (TPSA) is 89.8 Å². The van der Waals surface area contributed by atoms with Gasteiger partial charge in [-0.1, -0.05) is 18.6 Å². The number of nitro groups is 1. The van der Waals surface area contributed by atoms with E-state index in [0.29, 0.717) is 18.5 Å². The van der Waals surface area contributed by atoms with Crippen molar-refractivity contribution in [2.24, 2.45) is 0 Å². The largest absolute Gasteiger partial charge is 0.456 e. The molecule has 0 N–H and O–H groups in total. The molecule has 1 aromatic rings. The van der Waals surface area contributed by atoms with Crippen LogP contribution >= 0.6 is 0 Å². The first-order chi connectivity index (χ1) is 11.0. The van der Waals surface area contributed by atoms with E-state index in [1.807, 2.05) is 0 Å². The Morgan fingerprint density at radius 1 is 1.39 bits per heavy atom. The van der Waals surface area contributed by atoms with Crippen molar-refractivity contribution in [1.29, 1.82) is 0 Å². The molecule has 2 rings (SSSR count). The van der Waals surface area contributed by atoms with Gasteiger partial charge in [0.25, 0.3) is 5.69 Å². The molecule has 0 aromatic heterocycles. The third kappa shape index (κ3) is 4.77. The van der Waals surface area contributed by atoms with Crippen LogP contribution in [0.25, 0.3) is 0 Å². The molecule has 7 heteroatoms. The summed E-state index contributed by atoms with van der Waals surface area (Å²) in [6, 6.07) is 5.99. The van der Waals surface area contributed by atoms with E-state index in [1.54, 1.807) is 19.1 Å². The second kappa shape index (κ2) is 7.71. The van der Waals surface area contributed by atoms with Gasteiger partial charge in [-0.2, -0.15) is 0 Å². The molecule has 1 aliphatic heterocycles. The quantitative estimate of drug-likeness (QED) is 0.472. The van der Waals surface area contributed by atoms with Crippen LogP contribution in [0.2, 0.25) is 0 Å². The van der Waals surface area contributed by atoms with Gasteiger partial charge in [0.15, 0.2) is 0 Å². The lowest BCUT2D eigenvalue weighted by atomic mass is 10.1. The van der Waals surface area contributed by atoms with Crippen molar-refractivity contribution in [2.45, 2.75) is 38.7 Å². The van der Waals surface area contributed by atoms with Gasteiger partial charge in [0, 0.05) is 25.1 Å². The highest BCUT2D eigenvalue weighted by Crippen LogP contribution is 2.22. The molecule has 1 amide bonds. The SMILES string of the molecule is C[C@H](OC(=O)CN1CCCCCC1=O)c1cccc([N+](=O)[O-])c1. The minimum Gasteiger partial charge on any atom is -0.456 e. The number of hydrogen-bond acceptors (Lipinski definition) is 5. The summed E-state index contributed by atoms with van der Waals surface area (Å²) in [7, 11) is 0. The number of benzene rings is 1. The molecule has 1 atom stereocenters. The van der Waals surface area contributed by atoms with E-state index in [-0.39, 0.29) is 18.1 Å². The molecule has 124 valence electrons. The summed E-state index contributed by atoms with van der Waals surface area (Å²) < 4.78 is 5.31. The summed E-state index contributed by atoms with van der Waals surface area (Å²) in [5, 5.41) is 10.8. The Labute approximate surface area is 134 Å². The van der Waals surface area contributed by atoms with Crippen molar-refractivity contribution >= 4 is 17.6 Å². The molecule has 23 heavy (non-hydrogen) atoms. The number of nitrogens with zero attached hydrogens (tertiary/aromatic N) is 2. The lowest BCUT2D eigenvalue weighted by molar-refractivity contribution is -0.385. The predicted molar refractivity (Wildman–Crippen MR) is 82.7 cm³/mol. The van der Waals surface area contributed by atoms with Gasteiger partial charge >= 0.3 is 5.97 Å². The van der Waals surface area contributed by atoms with Gasteiger partial charge in [0.2, 0.25) is 5.91 Å². The second-order valence-corrected chi connectivity index (χ2v) is 5.61. The summed E-state index contributed by atoms with van der Waals surface area (Å²) in [5.41, 5.74) is 0.503. The summed E-state index contributed by atoms with van der Waals surface area (Å²) in [4.78, 5) is 35.7. The van der Waals surface area contributed by atoms with E-state index in [0.717, 1.165) is 19.3 Å². The first-order valence-electron chi connectivity index (χ1n) is 7.69. The number of hydrogen-bond donors (Lipinski definition) is 0. The van der Waals surface area contributed by atoms with Gasteiger partial charge in [-0.05, 0) is 25.3 Å². The highest BCUT2D eigenvalue weighted by molar-refractivity contribution is 5.82. The van der Waals surface area contributed by atoms with Crippen LogP contribution in [0.4, 0.5) is 5.69 Å². The maximum absolute atomic E-state index is 12.0. The Hall–Kier alpha value is -2.44. The van der Waals surface area contributed by atoms with Gasteiger partial charge in [-0.25, -0.2) is 0 Å². The Kier molecular flexibility index (Phi) is 5.67. The number of nitro benzene ring substituents is 1. The summed E-state index contributed by atoms with van der Waals surface area (Å²) in [5.74, 6) is -0.526. The van der Waals surface area contributed by atoms with Crippen molar-refractivity contribution in [3.8, 4) is 0 Å². The minimum absolute atomic E-state index is 0.0255. The highest BCUT2D eigenvalue weighted by atomic mass is 16.6. The number of non-ortho nitro benzene ring substituents is 1. The zero-order valence-electron chi connectivity index (χ0n) is 13.1. The molecule has 1 saturated heterocycles. The predicted octanol–water partition coefficient (Wildman–Crippen LogP) is 2.60. The standard InChI is InChI=1S/C16H20N2O5/c1-12(13-6-5-7-14(10-13)18(21)22)23-16(20)11-17-9-4-2-3-8-15(17)19/h5-7,10,12H,2-4,8-9,11H2,1H3/t12-/m0/s1. The fraction of sp³-hybridized carbons (Fsp3) is 0.500. The zero-order chi connectivity index (χ0) is 16.8. The van der Waals surface area contributed by atoms with E-state index in [1.165, 1.54) is 17.0 Å². The second-order valence-electron chi connectivity index (χ2n) is 5.61. The summed E-state index contributed by atoms with van der Waals surface area (Å²) in [6.07, 6.45) is 2.59. The monoisotopic (exact) mass is 320 g/mol.